The van der Waals surface area contributed by atoms with E-state index >= 15 is 0 Å². The number of aromatic nitrogens is 2. The molecule has 0 fully saturated rings. The van der Waals surface area contributed by atoms with Crippen molar-refractivity contribution >= 4 is 29.0 Å². The summed E-state index contributed by atoms with van der Waals surface area (Å²) in [7, 11) is 0. The third-order valence-electron chi connectivity index (χ3n) is 2.63. The first kappa shape index (κ1) is 14.9. The van der Waals surface area contributed by atoms with Gasteiger partial charge in [0.25, 0.3) is 0 Å². The summed E-state index contributed by atoms with van der Waals surface area (Å²) < 4.78 is 5.73. The average Bonchev–Trinajstić information content (AvgIpc) is 2.38. The lowest BCUT2D eigenvalue weighted by Gasteiger charge is -2.11. The monoisotopic (exact) mass is 311 g/mol. The maximum atomic E-state index is 5.95. The van der Waals surface area contributed by atoms with Gasteiger partial charge in [-0.05, 0) is 31.5 Å². The Morgan fingerprint density at radius 3 is 2.50 bits per heavy atom. The van der Waals surface area contributed by atoms with E-state index in [1.54, 1.807) is 18.2 Å². The molecule has 2 rings (SSSR count). The van der Waals surface area contributed by atoms with Gasteiger partial charge in [0.1, 0.15) is 17.9 Å². The van der Waals surface area contributed by atoms with Gasteiger partial charge >= 0.3 is 0 Å². The first-order chi connectivity index (χ1) is 9.60. The fourth-order valence-electron chi connectivity index (χ4n) is 1.66. The van der Waals surface area contributed by atoms with Crippen LogP contribution >= 0.6 is 23.2 Å². The Bertz CT molecular complexity index is 585. The maximum absolute atomic E-state index is 5.95. The predicted molar refractivity (Wildman–Crippen MR) is 82.1 cm³/mol. The van der Waals surface area contributed by atoms with Crippen LogP contribution in [0.3, 0.4) is 0 Å². The number of hydrogen-bond donors (Lipinski definition) is 1. The van der Waals surface area contributed by atoms with Gasteiger partial charge in [-0.3, -0.25) is 0 Å². The van der Waals surface area contributed by atoms with Gasteiger partial charge < -0.3 is 10.1 Å². The maximum Gasteiger partial charge on any atom is 0.227 e. The summed E-state index contributed by atoms with van der Waals surface area (Å²) in [5, 5.41) is 4.26. The lowest BCUT2D eigenvalue weighted by atomic mass is 10.3. The molecule has 0 unspecified atom stereocenters. The lowest BCUT2D eigenvalue weighted by molar-refractivity contribution is 0.458. The van der Waals surface area contributed by atoms with Gasteiger partial charge in [0.15, 0.2) is 0 Å². The van der Waals surface area contributed by atoms with Crippen LogP contribution in [0.25, 0.3) is 0 Å². The van der Waals surface area contributed by atoms with Gasteiger partial charge in [-0.15, -0.1) is 0 Å². The molecule has 6 heteroatoms. The molecule has 1 heterocycles. The molecule has 1 aromatic heterocycles. The van der Waals surface area contributed by atoms with Gasteiger partial charge in [-0.2, -0.15) is 0 Å². The SMILES string of the molecule is CCCNc1ncnc(Oc2cc(Cl)cc(Cl)c2)c1C. The molecule has 0 saturated carbocycles. The van der Waals surface area contributed by atoms with Crippen LogP contribution in [-0.2, 0) is 0 Å². The molecule has 0 aliphatic carbocycles. The number of ether oxygens (including phenoxy) is 1. The minimum atomic E-state index is 0.483. The number of halogens is 2. The molecule has 0 bridgehead atoms. The van der Waals surface area contributed by atoms with Gasteiger partial charge in [0, 0.05) is 16.6 Å². The van der Waals surface area contributed by atoms with Crippen LogP contribution < -0.4 is 10.1 Å². The number of hydrogen-bond acceptors (Lipinski definition) is 4. The molecule has 0 spiro atoms. The van der Waals surface area contributed by atoms with Crippen molar-refractivity contribution in [2.45, 2.75) is 20.3 Å². The highest BCUT2D eigenvalue weighted by Gasteiger charge is 2.09. The summed E-state index contributed by atoms with van der Waals surface area (Å²) in [4.78, 5) is 8.34. The second-order valence-electron chi connectivity index (χ2n) is 4.29. The molecule has 0 amide bonds. The van der Waals surface area contributed by atoms with E-state index in [0.29, 0.717) is 21.7 Å². The van der Waals surface area contributed by atoms with E-state index in [4.69, 9.17) is 27.9 Å². The zero-order valence-corrected chi connectivity index (χ0v) is 12.8. The smallest absolute Gasteiger partial charge is 0.227 e. The van der Waals surface area contributed by atoms with Crippen molar-refractivity contribution in [3.63, 3.8) is 0 Å². The summed E-state index contributed by atoms with van der Waals surface area (Å²) in [5.74, 6) is 1.80. The van der Waals surface area contributed by atoms with Gasteiger partial charge in [-0.1, -0.05) is 30.1 Å². The Hall–Kier alpha value is -1.52. The zero-order chi connectivity index (χ0) is 14.5. The fourth-order valence-corrected chi connectivity index (χ4v) is 2.16. The van der Waals surface area contributed by atoms with Crippen molar-refractivity contribution in [1.29, 1.82) is 0 Å². The normalized spacial score (nSPS) is 10.4. The van der Waals surface area contributed by atoms with Gasteiger partial charge in [0.2, 0.25) is 5.88 Å². The van der Waals surface area contributed by atoms with Crippen LogP contribution in [0.4, 0.5) is 5.82 Å². The fraction of sp³-hybridized carbons (Fsp3) is 0.286. The molecule has 0 aliphatic heterocycles. The number of rotatable bonds is 5. The summed E-state index contributed by atoms with van der Waals surface area (Å²) >= 11 is 11.9. The predicted octanol–water partition coefficient (Wildman–Crippen LogP) is 4.71. The molecule has 106 valence electrons. The van der Waals surface area contributed by atoms with Gasteiger partial charge in [-0.25, -0.2) is 9.97 Å². The number of benzene rings is 1. The van der Waals surface area contributed by atoms with Crippen LogP contribution in [0.5, 0.6) is 11.6 Å². The van der Waals surface area contributed by atoms with Crippen LogP contribution in [0.2, 0.25) is 10.0 Å². The lowest BCUT2D eigenvalue weighted by Crippen LogP contribution is -2.05. The Morgan fingerprint density at radius 1 is 1.15 bits per heavy atom. The van der Waals surface area contributed by atoms with Crippen molar-refractivity contribution in [1.82, 2.24) is 9.97 Å². The van der Waals surface area contributed by atoms with Crippen molar-refractivity contribution in [3.8, 4) is 11.6 Å². The van der Waals surface area contributed by atoms with Crippen LogP contribution in [0.1, 0.15) is 18.9 Å². The van der Waals surface area contributed by atoms with E-state index in [0.717, 1.165) is 24.3 Å². The molecule has 1 aromatic carbocycles. The van der Waals surface area contributed by atoms with E-state index in [2.05, 4.69) is 22.2 Å². The second kappa shape index (κ2) is 6.77. The second-order valence-corrected chi connectivity index (χ2v) is 5.16. The van der Waals surface area contributed by atoms with Crippen LogP contribution in [-0.4, -0.2) is 16.5 Å². The first-order valence-corrected chi connectivity index (χ1v) is 7.05. The van der Waals surface area contributed by atoms with Crippen LogP contribution in [0, 0.1) is 6.92 Å². The molecule has 4 nitrogen and oxygen atoms in total. The van der Waals surface area contributed by atoms with Crippen molar-refractivity contribution in [2.24, 2.45) is 0 Å². The zero-order valence-electron chi connectivity index (χ0n) is 11.3. The topological polar surface area (TPSA) is 47.0 Å². The third-order valence-corrected chi connectivity index (χ3v) is 3.07. The van der Waals surface area contributed by atoms with Crippen LogP contribution in [0.15, 0.2) is 24.5 Å². The Labute approximate surface area is 128 Å². The standard InChI is InChI=1S/C14H15Cl2N3O/c1-3-4-17-13-9(2)14(19-8-18-13)20-12-6-10(15)5-11(16)7-12/h5-8H,3-4H2,1-2H3,(H,17,18,19). The number of anilines is 1. The van der Waals surface area contributed by atoms with Crippen molar-refractivity contribution < 1.29 is 4.74 Å². The molecule has 20 heavy (non-hydrogen) atoms. The summed E-state index contributed by atoms with van der Waals surface area (Å²) in [6.45, 7) is 4.84. The van der Waals surface area contributed by atoms with E-state index in [9.17, 15) is 0 Å². The van der Waals surface area contributed by atoms with E-state index in [1.807, 2.05) is 6.92 Å². The highest BCUT2D eigenvalue weighted by molar-refractivity contribution is 6.34. The minimum absolute atomic E-state index is 0.483. The number of nitrogens with zero attached hydrogens (tertiary/aromatic N) is 2. The molecule has 1 N–H and O–H groups in total. The van der Waals surface area contributed by atoms with E-state index in [-0.39, 0.29) is 0 Å². The first-order valence-electron chi connectivity index (χ1n) is 6.29. The third kappa shape index (κ3) is 3.74. The largest absolute Gasteiger partial charge is 0.438 e. The molecule has 2 aromatic rings. The highest BCUT2D eigenvalue weighted by atomic mass is 35.5. The molecular formula is C14H15Cl2N3O. The Balaban J connectivity index is 2.24. The molecule has 0 atom stereocenters. The molecule has 0 saturated heterocycles. The van der Waals surface area contributed by atoms with E-state index in [1.165, 1.54) is 6.33 Å². The summed E-state index contributed by atoms with van der Waals surface area (Å²) in [6, 6.07) is 5.03. The number of nitrogens with one attached hydrogen (secondary N) is 1. The Kier molecular flexibility index (Phi) is 5.04. The summed E-state index contributed by atoms with van der Waals surface area (Å²) in [5.41, 5.74) is 0.844. The highest BCUT2D eigenvalue weighted by Crippen LogP contribution is 2.30. The molecule has 0 radical (unpaired) electrons. The minimum Gasteiger partial charge on any atom is -0.438 e. The van der Waals surface area contributed by atoms with Gasteiger partial charge in [0.05, 0.1) is 5.56 Å². The quantitative estimate of drug-likeness (QED) is 0.869. The molecule has 0 aliphatic rings. The average molecular weight is 312 g/mol. The van der Waals surface area contributed by atoms with Crippen molar-refractivity contribution in [2.75, 3.05) is 11.9 Å². The van der Waals surface area contributed by atoms with E-state index < -0.39 is 0 Å². The van der Waals surface area contributed by atoms with Crippen molar-refractivity contribution in [3.05, 3.63) is 40.1 Å². The summed E-state index contributed by atoms with van der Waals surface area (Å²) in [6.07, 6.45) is 2.48. The molecular weight excluding hydrogens is 297 g/mol. The Morgan fingerprint density at radius 2 is 1.85 bits per heavy atom.